The minimum Gasteiger partial charge on any atom is -0.368 e. The standard InChI is InChI=1S/C12H14BrClN2O/c1-8(14)7-16(2)11(12(15)17)9-4-3-5-10(13)6-9/h3-6,11H,1,7H2,2H3,(H2,15,17)/t11-/m0/s1. The van der Waals surface area contributed by atoms with Gasteiger partial charge in [-0.15, -0.1) is 0 Å². The molecule has 0 saturated heterocycles. The van der Waals surface area contributed by atoms with Crippen LogP contribution in [0.15, 0.2) is 40.3 Å². The molecule has 0 aliphatic rings. The molecule has 0 aliphatic carbocycles. The van der Waals surface area contributed by atoms with Crippen LogP contribution >= 0.6 is 27.5 Å². The van der Waals surface area contributed by atoms with E-state index in [0.717, 1.165) is 10.0 Å². The molecule has 1 aromatic rings. The SMILES string of the molecule is C=C(Cl)CN(C)[C@H](C(N)=O)c1cccc(Br)c1. The second-order valence-electron chi connectivity index (χ2n) is 3.79. The maximum absolute atomic E-state index is 11.5. The first kappa shape index (κ1) is 14.2. The van der Waals surface area contributed by atoms with E-state index in [4.69, 9.17) is 17.3 Å². The van der Waals surface area contributed by atoms with E-state index in [2.05, 4.69) is 22.5 Å². The number of halogens is 2. The number of primary amides is 1. The van der Waals surface area contributed by atoms with E-state index in [1.54, 1.807) is 11.9 Å². The van der Waals surface area contributed by atoms with E-state index in [-0.39, 0.29) is 0 Å². The van der Waals surface area contributed by atoms with Crippen molar-refractivity contribution in [2.45, 2.75) is 6.04 Å². The summed E-state index contributed by atoms with van der Waals surface area (Å²) in [5, 5.41) is 0.466. The quantitative estimate of drug-likeness (QED) is 0.907. The Bertz CT molecular complexity index is 436. The lowest BCUT2D eigenvalue weighted by atomic mass is 10.1. The van der Waals surface area contributed by atoms with Gasteiger partial charge in [0.05, 0.1) is 0 Å². The van der Waals surface area contributed by atoms with Crippen molar-refractivity contribution in [1.82, 2.24) is 4.90 Å². The Morgan fingerprint density at radius 1 is 1.65 bits per heavy atom. The molecule has 0 unspecified atom stereocenters. The molecule has 0 radical (unpaired) electrons. The summed E-state index contributed by atoms with van der Waals surface area (Å²) in [4.78, 5) is 13.3. The molecule has 2 N–H and O–H groups in total. The van der Waals surface area contributed by atoms with Crippen molar-refractivity contribution < 1.29 is 4.79 Å². The van der Waals surface area contributed by atoms with Crippen molar-refractivity contribution in [3.8, 4) is 0 Å². The molecule has 1 rings (SSSR count). The van der Waals surface area contributed by atoms with Crippen LogP contribution in [0.2, 0.25) is 0 Å². The van der Waals surface area contributed by atoms with Crippen LogP contribution in [0.3, 0.4) is 0 Å². The highest BCUT2D eigenvalue weighted by Gasteiger charge is 2.23. The Morgan fingerprint density at radius 2 is 2.29 bits per heavy atom. The smallest absolute Gasteiger partial charge is 0.239 e. The molecule has 3 nitrogen and oxygen atoms in total. The van der Waals surface area contributed by atoms with Crippen LogP contribution in [-0.2, 0) is 4.79 Å². The fourth-order valence-electron chi connectivity index (χ4n) is 1.67. The lowest BCUT2D eigenvalue weighted by Gasteiger charge is -2.25. The van der Waals surface area contributed by atoms with Gasteiger partial charge in [0.25, 0.3) is 0 Å². The first-order valence-electron chi connectivity index (χ1n) is 5.00. The molecule has 0 heterocycles. The zero-order valence-electron chi connectivity index (χ0n) is 9.49. The number of hydrogen-bond acceptors (Lipinski definition) is 2. The number of likely N-dealkylation sites (N-methyl/N-ethyl adjacent to an activating group) is 1. The van der Waals surface area contributed by atoms with Gasteiger partial charge < -0.3 is 5.73 Å². The normalized spacial score (nSPS) is 12.5. The molecule has 0 fully saturated rings. The van der Waals surface area contributed by atoms with Crippen LogP contribution < -0.4 is 5.73 Å². The van der Waals surface area contributed by atoms with Gasteiger partial charge in [-0.2, -0.15) is 0 Å². The predicted octanol–water partition coefficient (Wildman–Crippen LogP) is 2.66. The number of nitrogens with zero attached hydrogens (tertiary/aromatic N) is 1. The molecule has 0 aromatic heterocycles. The summed E-state index contributed by atoms with van der Waals surface area (Å²) >= 11 is 9.11. The van der Waals surface area contributed by atoms with Gasteiger partial charge in [0.1, 0.15) is 6.04 Å². The third-order valence-electron chi connectivity index (χ3n) is 2.30. The molecule has 92 valence electrons. The molecular formula is C12H14BrClN2O. The third-order valence-corrected chi connectivity index (χ3v) is 2.91. The van der Waals surface area contributed by atoms with Crippen molar-refractivity contribution in [2.24, 2.45) is 5.73 Å². The molecule has 1 atom stereocenters. The second kappa shape index (κ2) is 6.19. The van der Waals surface area contributed by atoms with Gasteiger partial charge in [-0.05, 0) is 24.7 Å². The maximum atomic E-state index is 11.5. The number of carbonyl (C=O) groups is 1. The number of nitrogens with two attached hydrogens (primary N) is 1. The van der Waals surface area contributed by atoms with Gasteiger partial charge in [-0.25, -0.2) is 0 Å². The lowest BCUT2D eigenvalue weighted by Crippen LogP contribution is -2.35. The molecule has 0 aliphatic heterocycles. The molecule has 1 aromatic carbocycles. The fraction of sp³-hybridized carbons (Fsp3) is 0.250. The van der Waals surface area contributed by atoms with Crippen molar-refractivity contribution in [3.63, 3.8) is 0 Å². The highest BCUT2D eigenvalue weighted by atomic mass is 79.9. The Kier molecular flexibility index (Phi) is 5.18. The number of rotatable bonds is 5. The van der Waals surface area contributed by atoms with E-state index in [1.807, 2.05) is 24.3 Å². The molecule has 17 heavy (non-hydrogen) atoms. The number of hydrogen-bond donors (Lipinski definition) is 1. The molecule has 0 spiro atoms. The molecule has 5 heteroatoms. The summed E-state index contributed by atoms with van der Waals surface area (Å²) in [5.74, 6) is -0.413. The van der Waals surface area contributed by atoms with Crippen molar-refractivity contribution in [3.05, 3.63) is 45.9 Å². The van der Waals surface area contributed by atoms with Gasteiger partial charge in [0.15, 0.2) is 0 Å². The average Bonchev–Trinajstić information content (AvgIpc) is 2.15. The van der Waals surface area contributed by atoms with Gasteiger partial charge in [-0.1, -0.05) is 46.2 Å². The van der Waals surface area contributed by atoms with Crippen LogP contribution in [0.4, 0.5) is 0 Å². The Hall–Kier alpha value is -0.840. The summed E-state index contributed by atoms with van der Waals surface area (Å²) in [6.45, 7) is 4.01. The van der Waals surface area contributed by atoms with E-state index >= 15 is 0 Å². The first-order chi connectivity index (χ1) is 7.91. The Balaban J connectivity index is 3.01. The summed E-state index contributed by atoms with van der Waals surface area (Å²) in [7, 11) is 1.78. The van der Waals surface area contributed by atoms with Crippen LogP contribution in [0.1, 0.15) is 11.6 Å². The largest absolute Gasteiger partial charge is 0.368 e. The van der Waals surface area contributed by atoms with Crippen LogP contribution in [0.25, 0.3) is 0 Å². The number of amides is 1. The van der Waals surface area contributed by atoms with E-state index in [1.165, 1.54) is 0 Å². The summed E-state index contributed by atoms with van der Waals surface area (Å²) < 4.78 is 0.902. The van der Waals surface area contributed by atoms with Gasteiger partial charge in [-0.3, -0.25) is 9.69 Å². The van der Waals surface area contributed by atoms with Crippen molar-refractivity contribution in [1.29, 1.82) is 0 Å². The van der Waals surface area contributed by atoms with Crippen LogP contribution in [0, 0.1) is 0 Å². The summed E-state index contributed by atoms with van der Waals surface area (Å²) in [6.07, 6.45) is 0. The van der Waals surface area contributed by atoms with Crippen molar-refractivity contribution in [2.75, 3.05) is 13.6 Å². The molecule has 0 bridgehead atoms. The number of carbonyl (C=O) groups excluding carboxylic acids is 1. The first-order valence-corrected chi connectivity index (χ1v) is 6.17. The molecule has 0 saturated carbocycles. The fourth-order valence-corrected chi connectivity index (χ4v) is 2.28. The highest BCUT2D eigenvalue weighted by Crippen LogP contribution is 2.23. The van der Waals surface area contributed by atoms with Crippen LogP contribution in [0.5, 0.6) is 0 Å². The van der Waals surface area contributed by atoms with E-state index < -0.39 is 11.9 Å². The minimum absolute atomic E-state index is 0.404. The van der Waals surface area contributed by atoms with E-state index in [0.29, 0.717) is 11.6 Å². The van der Waals surface area contributed by atoms with E-state index in [9.17, 15) is 4.79 Å². The number of benzene rings is 1. The van der Waals surface area contributed by atoms with Gasteiger partial charge in [0.2, 0.25) is 5.91 Å². The third kappa shape index (κ3) is 4.15. The zero-order chi connectivity index (χ0) is 13.0. The molecule has 1 amide bonds. The monoisotopic (exact) mass is 316 g/mol. The predicted molar refractivity (Wildman–Crippen MR) is 73.7 cm³/mol. The summed E-state index contributed by atoms with van der Waals surface area (Å²) in [5.41, 5.74) is 6.25. The second-order valence-corrected chi connectivity index (χ2v) is 5.24. The zero-order valence-corrected chi connectivity index (χ0v) is 11.8. The lowest BCUT2D eigenvalue weighted by molar-refractivity contribution is -0.122. The Morgan fingerprint density at radius 3 is 2.76 bits per heavy atom. The topological polar surface area (TPSA) is 46.3 Å². The van der Waals surface area contributed by atoms with Gasteiger partial charge in [0, 0.05) is 16.0 Å². The Labute approximate surface area is 114 Å². The van der Waals surface area contributed by atoms with Crippen LogP contribution in [-0.4, -0.2) is 24.4 Å². The average molecular weight is 318 g/mol. The maximum Gasteiger partial charge on any atom is 0.239 e. The van der Waals surface area contributed by atoms with Crippen molar-refractivity contribution >= 4 is 33.4 Å². The highest BCUT2D eigenvalue weighted by molar-refractivity contribution is 9.10. The molecular weight excluding hydrogens is 304 g/mol. The summed E-state index contributed by atoms with van der Waals surface area (Å²) in [6, 6.07) is 6.96. The minimum atomic E-state index is -0.511. The van der Waals surface area contributed by atoms with Gasteiger partial charge >= 0.3 is 0 Å².